The minimum absolute atomic E-state index is 0.244. The van der Waals surface area contributed by atoms with Crippen molar-refractivity contribution in [2.45, 2.75) is 347 Å². The molecule has 6 amide bonds. The third-order valence-electron chi connectivity index (χ3n) is 23.8. The molecule has 0 bridgehead atoms. The quantitative estimate of drug-likeness (QED) is 0.0254. The van der Waals surface area contributed by atoms with E-state index in [1.54, 1.807) is 0 Å². The van der Waals surface area contributed by atoms with Gasteiger partial charge in [0.2, 0.25) is 35.9 Å². The van der Waals surface area contributed by atoms with E-state index in [-0.39, 0.29) is 6.41 Å². The molecule has 10 saturated heterocycles. The second-order valence-corrected chi connectivity index (χ2v) is 33.2. The third kappa shape index (κ3) is 25.5. The van der Waals surface area contributed by atoms with Gasteiger partial charge in [-0.05, 0) is 0 Å². The fourth-order valence-corrected chi connectivity index (χ4v) is 16.9. The first-order chi connectivity index (χ1) is 63.1. The second-order valence-electron chi connectivity index (χ2n) is 33.2. The Morgan fingerprint density at radius 3 is 0.797 bits per heavy atom. The third-order valence-corrected chi connectivity index (χ3v) is 23.8. The van der Waals surface area contributed by atoms with Gasteiger partial charge in [-0.1, -0.05) is 0 Å². The highest BCUT2D eigenvalue weighted by Crippen LogP contribution is 2.41. The van der Waals surface area contributed by atoms with Gasteiger partial charge in [-0.25, -0.2) is 0 Å². The van der Waals surface area contributed by atoms with Crippen LogP contribution in [0.5, 0.6) is 0 Å². The number of rotatable bonds is 39. The number of ether oxygens (including phenoxy) is 20. The van der Waals surface area contributed by atoms with Crippen LogP contribution in [0.15, 0.2) is 0 Å². The first-order valence-electron chi connectivity index (χ1n) is 42.3. The average Bonchev–Trinajstić information content (AvgIpc) is 0.766. The molecule has 0 aromatic heterocycles. The lowest BCUT2D eigenvalue weighted by Gasteiger charge is -2.51. The summed E-state index contributed by atoms with van der Waals surface area (Å²) in [6.45, 7) is -7.07. The van der Waals surface area contributed by atoms with Gasteiger partial charge in [-0.2, -0.15) is 0 Å². The lowest BCUT2D eigenvalue weighted by atomic mass is 9.94. The largest absolute Gasteiger partial charge is 0.394 e. The molecule has 10 aliphatic heterocycles. The van der Waals surface area contributed by atoms with Gasteiger partial charge in [0.15, 0.2) is 62.9 Å². The summed E-state index contributed by atoms with van der Waals surface area (Å²) in [6.07, 6.45) is -91.6. The summed E-state index contributed by atoms with van der Waals surface area (Å²) in [7, 11) is 0. The Morgan fingerprint density at radius 1 is 0.248 bits per heavy atom. The lowest BCUT2D eigenvalue weighted by molar-refractivity contribution is -0.387. The normalized spacial score (nSPS) is 46.7. The van der Waals surface area contributed by atoms with E-state index in [1.807, 2.05) is 0 Å². The Labute approximate surface area is 753 Å². The number of hydrogen-bond donors (Lipinski definition) is 33. The maximum absolute atomic E-state index is 13.1. The van der Waals surface area contributed by atoms with Crippen molar-refractivity contribution in [3.8, 4) is 0 Å². The molecular weight excluding hydrogens is 1820 g/mol. The predicted octanol–water partition coefficient (Wildman–Crippen LogP) is -23.0. The van der Waals surface area contributed by atoms with Crippen LogP contribution in [0.25, 0.3) is 0 Å². The lowest BCUT2D eigenvalue weighted by Crippen LogP contribution is -2.70. The fraction of sp³-hybridized carbons (Fsp3) is 0.919. The van der Waals surface area contributed by atoms with Crippen molar-refractivity contribution in [2.24, 2.45) is 0 Å². The van der Waals surface area contributed by atoms with Gasteiger partial charge in [-0.3, -0.25) is 28.8 Å². The van der Waals surface area contributed by atoms with Crippen LogP contribution in [0.3, 0.4) is 0 Å². The van der Waals surface area contributed by atoms with Gasteiger partial charge in [-0.15, -0.1) is 0 Å². The molecule has 0 aliphatic carbocycles. The minimum atomic E-state index is -2.46. The van der Waals surface area contributed by atoms with E-state index in [0.717, 1.165) is 34.6 Å². The predicted molar refractivity (Wildman–Crippen MR) is 411 cm³/mol. The van der Waals surface area contributed by atoms with Crippen LogP contribution in [0, 0.1) is 0 Å². The molecule has 33 N–H and O–H groups in total. The first kappa shape index (κ1) is 110. The molecule has 51 atom stereocenters. The van der Waals surface area contributed by atoms with E-state index in [9.17, 15) is 167 Å². The van der Waals surface area contributed by atoms with Crippen molar-refractivity contribution in [2.75, 3.05) is 79.3 Å². The molecule has 10 heterocycles. The Balaban J connectivity index is 0.851. The number of aliphatic hydroxyl groups is 27. The summed E-state index contributed by atoms with van der Waals surface area (Å²) < 4.78 is 118. The van der Waals surface area contributed by atoms with Gasteiger partial charge in [0, 0.05) is 34.6 Å². The van der Waals surface area contributed by atoms with Crippen LogP contribution in [0.1, 0.15) is 34.6 Å². The highest BCUT2D eigenvalue weighted by molar-refractivity contribution is 5.75. The van der Waals surface area contributed by atoms with Crippen molar-refractivity contribution in [1.82, 2.24) is 31.9 Å². The highest BCUT2D eigenvalue weighted by Gasteiger charge is 2.62. The van der Waals surface area contributed by atoms with Crippen molar-refractivity contribution >= 4 is 35.9 Å². The number of carbonyl (C=O) groups excluding carboxylic acids is 6. The molecule has 768 valence electrons. The standard InChI is InChI=1S/C74H124N6O53/c1-19(91)76-35-46(102)40(96)25(7-82)117-67(35)131-62-43(99)27(9-84)119-72(55(62)111)128-59-30(12-87)122-65(38(49(59)105)79-22(4)94)115-16-33-42(98)51(107)53(109)71(125-33)127-58-29(11-86)121-66(37(48(58)104)78-21(3)93)116-17-34-45(101)64(133-68-36(77-20(2)92)47(103)41(97)26(8-83)118-68)57(113)74(126-34)129-60-31(13-88)123-69(39(50(60)106)80-23(5)95)132-63-44(100)28(10-85)120-73(56(63)112)130-61-32(14-89)124-70(54(110)52(61)108)114-15-24(6-81)75-18-90/h18,24-74,81-89,96-113H,6-17H2,1-5H3,(H,75,90)(H,76,91)(H,77,92)(H,78,93)(H,79,94)(H,80,95)/t24-,25-,26-,27-,28-,29-,30-,31-,32-,33-,34-,35-,36-,37-,38-,39-,40-,41-,42+,43+,44+,45+,46-,47-,48-,49-,50-,51+,52-,53-,54-,55-,56-,57-,58-,59-,60-,61-,62+,63+,64+,65-,66-,67+,68+,69+,70-,71+,72+,73+,74+/m1/s1. The maximum Gasteiger partial charge on any atom is 0.217 e. The zero-order valence-corrected chi connectivity index (χ0v) is 71.7. The van der Waals surface area contributed by atoms with Crippen LogP contribution >= 0.6 is 0 Å². The van der Waals surface area contributed by atoms with Gasteiger partial charge in [0.1, 0.15) is 244 Å². The smallest absolute Gasteiger partial charge is 0.217 e. The van der Waals surface area contributed by atoms with E-state index in [4.69, 9.17) is 94.7 Å². The molecule has 59 heteroatoms. The van der Waals surface area contributed by atoms with E-state index in [2.05, 4.69) is 31.9 Å². The molecule has 0 unspecified atom stereocenters. The molecule has 10 fully saturated rings. The maximum atomic E-state index is 13.1. The molecule has 59 nitrogen and oxygen atoms in total. The number of carbonyl (C=O) groups is 6. The highest BCUT2D eigenvalue weighted by atomic mass is 16.8. The van der Waals surface area contributed by atoms with Crippen LogP contribution < -0.4 is 31.9 Å². The Bertz CT molecular complexity index is 3630. The van der Waals surface area contributed by atoms with E-state index in [1.165, 1.54) is 0 Å². The molecule has 133 heavy (non-hydrogen) atoms. The van der Waals surface area contributed by atoms with Crippen LogP contribution in [0.2, 0.25) is 0 Å². The van der Waals surface area contributed by atoms with Gasteiger partial charge < -0.3 is 265 Å². The fourth-order valence-electron chi connectivity index (χ4n) is 16.9. The Kier molecular flexibility index (Phi) is 40.8. The van der Waals surface area contributed by atoms with Gasteiger partial charge in [0.05, 0.1) is 85.3 Å². The Hall–Kier alpha value is -5.06. The topological polar surface area (TPSA) is 905 Å². The van der Waals surface area contributed by atoms with Crippen molar-refractivity contribution < 1.29 is 261 Å². The number of amides is 6. The molecule has 0 radical (unpaired) electrons. The summed E-state index contributed by atoms with van der Waals surface area (Å²) in [5.41, 5.74) is 0. The number of hydrogen-bond acceptors (Lipinski definition) is 53. The van der Waals surface area contributed by atoms with E-state index in [0.29, 0.717) is 0 Å². The number of nitrogens with one attached hydrogen (secondary N) is 6. The van der Waals surface area contributed by atoms with Crippen LogP contribution in [0.4, 0.5) is 0 Å². The molecule has 0 saturated carbocycles. The van der Waals surface area contributed by atoms with Gasteiger partial charge >= 0.3 is 0 Å². The monoisotopic (exact) mass is 1940 g/mol. The molecule has 10 aliphatic rings. The summed E-state index contributed by atoms with van der Waals surface area (Å²) in [5, 5.41) is 316. The summed E-state index contributed by atoms with van der Waals surface area (Å²) in [6, 6.07) is -10.2. The van der Waals surface area contributed by atoms with Gasteiger partial charge in [0.25, 0.3) is 0 Å². The molecule has 0 aromatic rings. The second kappa shape index (κ2) is 49.4. The molecular formula is C74H124N6O53. The molecule has 0 aromatic carbocycles. The van der Waals surface area contributed by atoms with E-state index >= 15 is 0 Å². The minimum Gasteiger partial charge on any atom is -0.394 e. The van der Waals surface area contributed by atoms with Crippen molar-refractivity contribution in [3.05, 3.63) is 0 Å². The van der Waals surface area contributed by atoms with Crippen LogP contribution in [-0.4, -0.2) is 566 Å². The van der Waals surface area contributed by atoms with Crippen molar-refractivity contribution in [3.63, 3.8) is 0 Å². The first-order valence-corrected chi connectivity index (χ1v) is 42.3. The average molecular weight is 1950 g/mol. The summed E-state index contributed by atoms with van der Waals surface area (Å²) >= 11 is 0. The number of aliphatic hydroxyl groups excluding tert-OH is 27. The van der Waals surface area contributed by atoms with Crippen LogP contribution in [-0.2, 0) is 124 Å². The van der Waals surface area contributed by atoms with E-state index < -0.39 is 422 Å². The molecule has 10 rings (SSSR count). The molecule has 0 spiro atoms. The zero-order valence-electron chi connectivity index (χ0n) is 71.7. The Morgan fingerprint density at radius 2 is 0.481 bits per heavy atom. The summed E-state index contributed by atoms with van der Waals surface area (Å²) in [5.74, 6) is -4.52. The zero-order chi connectivity index (χ0) is 97.9. The SMILES string of the molecule is CC(=O)N[C@H]1[C@H](OC[C@H]2O[C@@H](O[C@H]3[C@H](O)[C@@H](NC(C)=O)[C@H](O[C@H]4[C@@H](O)[C@@H](CO)O[C@@H](O[C@H]5[C@H](O)[C@@H](O)[C@H](OC[C@@H](CO)NC=O)O[C@@H]5CO)[C@@H]4O)O[C@@H]3CO)[C@H](O)[C@@H](O[C@@H]3O[C@H](CO)[C@@H](O)[C@H](O)[C@H]3NC(C)=O)[C@H]2O)O[C@H](CO)[C@@H](O[C@@H]2O[C@H](CO[C@@H]3O[C@H](CO)[C@@H](O[C@@H]4O[C@H](CO)[C@H](O)[C@H](O[C@@H]5O[C@H](CO)[C@@H](O)[C@H](O)[C@H]5NC(C)=O)[C@H]4O)[C@H](O)[C@H]3NC(C)=O)[C@H](O)[C@H](O)[C@H]2O)[C@@H]1O. The van der Waals surface area contributed by atoms with Crippen molar-refractivity contribution in [1.29, 1.82) is 0 Å². The summed E-state index contributed by atoms with van der Waals surface area (Å²) in [4.78, 5) is 75.0.